The van der Waals surface area contributed by atoms with Gasteiger partial charge >= 0.3 is 6.03 Å². The molecule has 1 fully saturated rings. The Labute approximate surface area is 165 Å². The summed E-state index contributed by atoms with van der Waals surface area (Å²) in [5, 5.41) is 4.07. The van der Waals surface area contributed by atoms with E-state index in [4.69, 9.17) is 39.5 Å². The van der Waals surface area contributed by atoms with Crippen LogP contribution in [0, 0.1) is 0 Å². The van der Waals surface area contributed by atoms with Crippen molar-refractivity contribution in [2.24, 2.45) is 0 Å². The van der Waals surface area contributed by atoms with Gasteiger partial charge < -0.3 is 10.1 Å². The highest BCUT2D eigenvalue weighted by Gasteiger charge is 2.48. The topological polar surface area (TPSA) is 58.6 Å². The molecule has 2 aromatic rings. The number of ether oxygens (including phenoxy) is 1. The molecule has 0 radical (unpaired) electrons. The van der Waals surface area contributed by atoms with E-state index in [9.17, 15) is 9.59 Å². The molecule has 3 amide bonds. The van der Waals surface area contributed by atoms with Gasteiger partial charge in [0.1, 0.15) is 17.9 Å². The summed E-state index contributed by atoms with van der Waals surface area (Å²) in [4.78, 5) is 26.2. The average molecular weight is 414 g/mol. The molecule has 1 aliphatic rings. The van der Waals surface area contributed by atoms with E-state index in [2.05, 4.69) is 5.32 Å². The predicted molar refractivity (Wildman–Crippen MR) is 101 cm³/mol. The number of hydrogen-bond donors (Lipinski definition) is 1. The molecule has 1 unspecified atom stereocenters. The maximum Gasteiger partial charge on any atom is 0.325 e. The zero-order chi connectivity index (χ0) is 18.9. The number of halogens is 3. The third kappa shape index (κ3) is 3.61. The third-order valence-electron chi connectivity index (χ3n) is 4.14. The van der Waals surface area contributed by atoms with Gasteiger partial charge in [-0.2, -0.15) is 0 Å². The van der Waals surface area contributed by atoms with Crippen LogP contribution in [0.4, 0.5) is 4.79 Å². The zero-order valence-corrected chi connectivity index (χ0v) is 16.0. The first-order chi connectivity index (χ1) is 12.3. The van der Waals surface area contributed by atoms with Crippen LogP contribution in [0.5, 0.6) is 5.75 Å². The molecule has 1 aliphatic heterocycles. The lowest BCUT2D eigenvalue weighted by Crippen LogP contribution is -2.41. The molecule has 0 saturated carbocycles. The summed E-state index contributed by atoms with van der Waals surface area (Å²) in [6.07, 6.45) is 0. The van der Waals surface area contributed by atoms with Gasteiger partial charge in [0.25, 0.3) is 5.91 Å². The van der Waals surface area contributed by atoms with Crippen LogP contribution >= 0.6 is 34.8 Å². The molecule has 1 saturated heterocycles. The van der Waals surface area contributed by atoms with Crippen molar-refractivity contribution in [1.29, 1.82) is 0 Å². The van der Waals surface area contributed by atoms with Gasteiger partial charge in [-0.05, 0) is 42.8 Å². The first-order valence-corrected chi connectivity index (χ1v) is 8.92. The molecule has 0 aliphatic carbocycles. The Bertz CT molecular complexity index is 875. The van der Waals surface area contributed by atoms with Crippen LogP contribution in [0.15, 0.2) is 42.5 Å². The van der Waals surface area contributed by atoms with E-state index < -0.39 is 11.6 Å². The minimum Gasteiger partial charge on any atom is -0.490 e. The van der Waals surface area contributed by atoms with Crippen LogP contribution in [0.25, 0.3) is 0 Å². The molecular formula is C18H15Cl3N2O3. The molecular weight excluding hydrogens is 399 g/mol. The fraction of sp³-hybridized carbons (Fsp3) is 0.222. The van der Waals surface area contributed by atoms with Crippen molar-refractivity contribution in [2.45, 2.75) is 12.5 Å². The fourth-order valence-electron chi connectivity index (χ4n) is 2.73. The Balaban J connectivity index is 1.69. The largest absolute Gasteiger partial charge is 0.490 e. The fourth-order valence-corrected chi connectivity index (χ4v) is 3.39. The van der Waals surface area contributed by atoms with Gasteiger partial charge in [-0.3, -0.25) is 9.69 Å². The number of carbonyl (C=O) groups excluding carboxylic acids is 2. The number of nitrogens with one attached hydrogen (secondary N) is 1. The highest BCUT2D eigenvalue weighted by atomic mass is 35.5. The van der Waals surface area contributed by atoms with Crippen LogP contribution in [0.2, 0.25) is 15.1 Å². The standard InChI is InChI=1S/C18H15Cl3N2O3/c1-18(11-3-2-4-12(19)9-11)16(24)23(17(25)22-18)7-8-26-15-6-5-13(20)10-14(15)21/h2-6,9-10H,7-8H2,1H3,(H,22,25). The summed E-state index contributed by atoms with van der Waals surface area (Å²) in [6.45, 7) is 1.84. The first kappa shape index (κ1) is 18.8. The van der Waals surface area contributed by atoms with Crippen LogP contribution < -0.4 is 10.1 Å². The molecule has 2 aromatic carbocycles. The summed E-state index contributed by atoms with van der Waals surface area (Å²) < 4.78 is 5.56. The molecule has 26 heavy (non-hydrogen) atoms. The lowest BCUT2D eigenvalue weighted by atomic mass is 9.92. The lowest BCUT2D eigenvalue weighted by Gasteiger charge is -2.22. The number of amides is 3. The van der Waals surface area contributed by atoms with Crippen LogP contribution in [0.3, 0.4) is 0 Å². The van der Waals surface area contributed by atoms with Crippen molar-refractivity contribution in [3.63, 3.8) is 0 Å². The summed E-state index contributed by atoms with van der Waals surface area (Å²) in [6, 6.07) is 11.2. The minimum absolute atomic E-state index is 0.0831. The number of hydrogen-bond acceptors (Lipinski definition) is 3. The van der Waals surface area contributed by atoms with E-state index >= 15 is 0 Å². The second kappa shape index (κ2) is 7.35. The van der Waals surface area contributed by atoms with E-state index in [-0.39, 0.29) is 19.1 Å². The van der Waals surface area contributed by atoms with Gasteiger partial charge in [0.05, 0.1) is 11.6 Å². The van der Waals surface area contributed by atoms with Crippen molar-refractivity contribution < 1.29 is 14.3 Å². The summed E-state index contributed by atoms with van der Waals surface area (Å²) in [5.41, 5.74) is -0.549. The van der Waals surface area contributed by atoms with Gasteiger partial charge in [-0.15, -0.1) is 0 Å². The first-order valence-electron chi connectivity index (χ1n) is 7.79. The van der Waals surface area contributed by atoms with Crippen LogP contribution in [0.1, 0.15) is 12.5 Å². The Morgan fingerprint density at radius 2 is 1.81 bits per heavy atom. The second-order valence-electron chi connectivity index (χ2n) is 5.95. The molecule has 0 spiro atoms. The Morgan fingerprint density at radius 3 is 2.50 bits per heavy atom. The minimum atomic E-state index is -1.17. The van der Waals surface area contributed by atoms with Crippen molar-refractivity contribution in [3.8, 4) is 5.75 Å². The normalized spacial score (nSPS) is 19.6. The number of nitrogens with zero attached hydrogens (tertiary/aromatic N) is 1. The maximum atomic E-state index is 12.8. The van der Waals surface area contributed by atoms with Gasteiger partial charge in [-0.25, -0.2) is 4.79 Å². The highest BCUT2D eigenvalue weighted by Crippen LogP contribution is 2.31. The Morgan fingerprint density at radius 1 is 1.08 bits per heavy atom. The third-order valence-corrected chi connectivity index (χ3v) is 4.91. The van der Waals surface area contributed by atoms with Crippen molar-refractivity contribution in [2.75, 3.05) is 13.2 Å². The smallest absolute Gasteiger partial charge is 0.325 e. The van der Waals surface area contributed by atoms with E-state index in [1.165, 1.54) is 0 Å². The van der Waals surface area contributed by atoms with Crippen molar-refractivity contribution in [3.05, 3.63) is 63.1 Å². The number of urea groups is 1. The zero-order valence-electron chi connectivity index (χ0n) is 13.8. The van der Waals surface area contributed by atoms with Crippen LogP contribution in [-0.4, -0.2) is 30.0 Å². The van der Waals surface area contributed by atoms with Crippen LogP contribution in [-0.2, 0) is 10.3 Å². The molecule has 1 N–H and O–H groups in total. The van der Waals surface area contributed by atoms with Crippen molar-refractivity contribution >= 4 is 46.7 Å². The number of benzene rings is 2. The number of imide groups is 1. The van der Waals surface area contributed by atoms with E-state index in [0.717, 1.165) is 4.90 Å². The van der Waals surface area contributed by atoms with Gasteiger partial charge in [0, 0.05) is 10.0 Å². The number of rotatable bonds is 5. The Hall–Kier alpha value is -1.95. The average Bonchev–Trinajstić information content (AvgIpc) is 2.81. The maximum absolute atomic E-state index is 12.8. The summed E-state index contributed by atoms with van der Waals surface area (Å²) in [5.74, 6) is 0.0660. The number of carbonyl (C=O) groups is 2. The SMILES string of the molecule is CC1(c2cccc(Cl)c2)NC(=O)N(CCOc2ccc(Cl)cc2Cl)C1=O. The molecule has 136 valence electrons. The van der Waals surface area contributed by atoms with Gasteiger partial charge in [-0.1, -0.05) is 46.9 Å². The van der Waals surface area contributed by atoms with Gasteiger partial charge in [0.15, 0.2) is 0 Å². The monoisotopic (exact) mass is 412 g/mol. The second-order valence-corrected chi connectivity index (χ2v) is 7.23. The summed E-state index contributed by atoms with van der Waals surface area (Å²) in [7, 11) is 0. The molecule has 0 aromatic heterocycles. The molecule has 5 nitrogen and oxygen atoms in total. The quantitative estimate of drug-likeness (QED) is 0.735. The van der Waals surface area contributed by atoms with E-state index in [0.29, 0.717) is 26.4 Å². The molecule has 1 atom stereocenters. The molecule has 8 heteroatoms. The summed E-state index contributed by atoms with van der Waals surface area (Å²) >= 11 is 17.9. The van der Waals surface area contributed by atoms with Crippen molar-refractivity contribution in [1.82, 2.24) is 10.2 Å². The van der Waals surface area contributed by atoms with Gasteiger partial charge in [0.2, 0.25) is 0 Å². The van der Waals surface area contributed by atoms with E-state index in [1.54, 1.807) is 49.4 Å². The molecule has 3 rings (SSSR count). The lowest BCUT2D eigenvalue weighted by molar-refractivity contribution is -0.131. The van der Waals surface area contributed by atoms with E-state index in [1.807, 2.05) is 0 Å². The highest BCUT2D eigenvalue weighted by molar-refractivity contribution is 6.35. The molecule has 0 bridgehead atoms. The molecule has 1 heterocycles. The predicted octanol–water partition coefficient (Wildman–Crippen LogP) is 4.49. The Kier molecular flexibility index (Phi) is 5.32.